The van der Waals surface area contributed by atoms with Crippen LogP contribution < -0.4 is 5.32 Å². The Morgan fingerprint density at radius 2 is 2.24 bits per heavy atom. The molecule has 0 saturated heterocycles. The number of hydrogen-bond acceptors (Lipinski definition) is 5. The van der Waals surface area contributed by atoms with E-state index < -0.39 is 0 Å². The monoisotopic (exact) mass is 353 g/mol. The van der Waals surface area contributed by atoms with E-state index in [0.717, 1.165) is 10.6 Å². The number of hydrogen-bond donors (Lipinski definition) is 4. The number of aromatic nitrogens is 4. The van der Waals surface area contributed by atoms with Gasteiger partial charge in [-0.25, -0.2) is 9.97 Å². The molecule has 0 fully saturated rings. The van der Waals surface area contributed by atoms with Crippen LogP contribution in [-0.4, -0.2) is 30.9 Å². The predicted molar refractivity (Wildman–Crippen MR) is 96.6 cm³/mol. The van der Waals surface area contributed by atoms with E-state index in [4.69, 9.17) is 0 Å². The molecule has 3 aromatic heterocycles. The summed E-state index contributed by atoms with van der Waals surface area (Å²) in [5.74, 6) is 0.641. The molecule has 0 bridgehead atoms. The molecule has 0 aliphatic heterocycles. The van der Waals surface area contributed by atoms with Crippen molar-refractivity contribution < 1.29 is 9.90 Å². The zero-order valence-electron chi connectivity index (χ0n) is 13.1. The summed E-state index contributed by atoms with van der Waals surface area (Å²) in [7, 11) is 0. The number of rotatable bonds is 5. The largest absolute Gasteiger partial charge is 0.506 e. The lowest BCUT2D eigenvalue weighted by atomic mass is 10.2. The maximum absolute atomic E-state index is 12.2. The summed E-state index contributed by atoms with van der Waals surface area (Å²) in [6, 6.07) is 7.08. The second-order valence-electron chi connectivity index (χ2n) is 5.54. The van der Waals surface area contributed by atoms with Crippen molar-refractivity contribution in [1.82, 2.24) is 19.9 Å². The first-order chi connectivity index (χ1) is 12.2. The van der Waals surface area contributed by atoms with Gasteiger partial charge < -0.3 is 20.4 Å². The Morgan fingerprint density at radius 1 is 1.32 bits per heavy atom. The Balaban J connectivity index is 1.58. The number of anilines is 1. The number of amides is 1. The highest BCUT2D eigenvalue weighted by Crippen LogP contribution is 2.33. The van der Waals surface area contributed by atoms with E-state index in [2.05, 4.69) is 25.3 Å². The summed E-state index contributed by atoms with van der Waals surface area (Å²) in [6.07, 6.45) is 4.19. The molecule has 0 aliphatic carbocycles. The minimum Gasteiger partial charge on any atom is -0.506 e. The minimum atomic E-state index is -0.123. The number of aromatic amines is 2. The Hall–Kier alpha value is -3.13. The zero-order valence-corrected chi connectivity index (χ0v) is 13.9. The summed E-state index contributed by atoms with van der Waals surface area (Å²) < 4.78 is 0. The van der Waals surface area contributed by atoms with E-state index in [-0.39, 0.29) is 11.7 Å². The first-order valence-corrected chi connectivity index (χ1v) is 8.61. The van der Waals surface area contributed by atoms with Gasteiger partial charge in [-0.15, -0.1) is 11.3 Å². The normalized spacial score (nSPS) is 11.0. The van der Waals surface area contributed by atoms with Crippen LogP contribution >= 0.6 is 11.3 Å². The molecule has 1 aromatic carbocycles. The van der Waals surface area contributed by atoms with Gasteiger partial charge in [-0.3, -0.25) is 4.79 Å². The molecule has 4 N–H and O–H groups in total. The molecule has 0 spiro atoms. The number of nitrogens with zero attached hydrogens (tertiary/aromatic N) is 2. The fourth-order valence-electron chi connectivity index (χ4n) is 2.59. The van der Waals surface area contributed by atoms with E-state index in [0.29, 0.717) is 35.4 Å². The maximum Gasteiger partial charge on any atom is 0.224 e. The number of fused-ring (bicyclic) bond motifs is 1. The first kappa shape index (κ1) is 15.4. The van der Waals surface area contributed by atoms with Gasteiger partial charge in [0.15, 0.2) is 0 Å². The summed E-state index contributed by atoms with van der Waals surface area (Å²) in [5.41, 5.74) is 2.53. The number of phenolic OH excluding ortho intramolecular Hbond substituents is 1. The molecule has 4 rings (SSSR count). The van der Waals surface area contributed by atoms with E-state index in [1.54, 1.807) is 36.0 Å². The zero-order chi connectivity index (χ0) is 17.2. The fraction of sp³-hybridized carbons (Fsp3) is 0.118. The Kier molecular flexibility index (Phi) is 3.95. The molecule has 0 radical (unpaired) electrons. The number of carbonyl (C=O) groups excluding carboxylic acids is 1. The highest BCUT2D eigenvalue weighted by molar-refractivity contribution is 7.13. The van der Waals surface area contributed by atoms with Crippen LogP contribution in [0.5, 0.6) is 5.75 Å². The quantitative estimate of drug-likeness (QED) is 0.413. The molecule has 0 atom stereocenters. The van der Waals surface area contributed by atoms with Gasteiger partial charge in [0.05, 0.1) is 16.9 Å². The topological polar surface area (TPSA) is 107 Å². The number of aryl methyl sites for hydroxylation is 1. The average molecular weight is 353 g/mol. The van der Waals surface area contributed by atoms with Crippen molar-refractivity contribution in [1.29, 1.82) is 0 Å². The summed E-state index contributed by atoms with van der Waals surface area (Å²) in [6.45, 7) is 0. The number of aromatic hydroxyl groups is 1. The van der Waals surface area contributed by atoms with Gasteiger partial charge in [0.25, 0.3) is 0 Å². The highest BCUT2D eigenvalue weighted by atomic mass is 32.1. The number of thiophene rings is 1. The van der Waals surface area contributed by atoms with Crippen molar-refractivity contribution in [2.45, 2.75) is 12.8 Å². The lowest BCUT2D eigenvalue weighted by Gasteiger charge is -2.06. The van der Waals surface area contributed by atoms with E-state index in [1.807, 2.05) is 17.5 Å². The van der Waals surface area contributed by atoms with Crippen LogP contribution in [0.15, 0.2) is 42.2 Å². The maximum atomic E-state index is 12.2. The van der Waals surface area contributed by atoms with Gasteiger partial charge in [-0.05, 0) is 30.0 Å². The van der Waals surface area contributed by atoms with Crippen molar-refractivity contribution in [2.75, 3.05) is 5.32 Å². The summed E-state index contributed by atoms with van der Waals surface area (Å²) >= 11 is 1.55. The average Bonchev–Trinajstić information content (AvgIpc) is 3.36. The van der Waals surface area contributed by atoms with Crippen LogP contribution in [0.2, 0.25) is 0 Å². The van der Waals surface area contributed by atoms with E-state index in [9.17, 15) is 9.90 Å². The van der Waals surface area contributed by atoms with Crippen molar-refractivity contribution in [3.63, 3.8) is 0 Å². The van der Waals surface area contributed by atoms with Crippen LogP contribution in [-0.2, 0) is 11.2 Å². The van der Waals surface area contributed by atoms with Gasteiger partial charge in [0.1, 0.15) is 22.6 Å². The van der Waals surface area contributed by atoms with E-state index >= 15 is 0 Å². The van der Waals surface area contributed by atoms with Crippen LogP contribution in [0, 0.1) is 0 Å². The smallest absolute Gasteiger partial charge is 0.224 e. The number of H-pyrrole nitrogens is 2. The SMILES string of the molecule is O=C(CCc1cnc[nH]1)Nc1ccc(O)c2[nH]c(-c3cccs3)nc12. The molecule has 3 heterocycles. The van der Waals surface area contributed by atoms with Crippen LogP contribution in [0.4, 0.5) is 5.69 Å². The Morgan fingerprint density at radius 3 is 3.00 bits per heavy atom. The van der Waals surface area contributed by atoms with Crippen molar-refractivity contribution >= 4 is 34.0 Å². The minimum absolute atomic E-state index is 0.0979. The van der Waals surface area contributed by atoms with Gasteiger partial charge in [-0.2, -0.15) is 0 Å². The molecule has 0 saturated carbocycles. The standard InChI is InChI=1S/C17H15N5O2S/c23-12-5-4-11(20-14(24)6-3-10-8-18-9-19-10)15-16(12)22-17(21-15)13-2-1-7-25-13/h1-2,4-5,7-9,23H,3,6H2,(H,18,19)(H,20,24)(H,21,22). The number of benzene rings is 1. The van der Waals surface area contributed by atoms with Crippen LogP contribution in [0.25, 0.3) is 21.7 Å². The third kappa shape index (κ3) is 3.11. The van der Waals surface area contributed by atoms with Crippen LogP contribution in [0.3, 0.4) is 0 Å². The molecule has 7 nitrogen and oxygen atoms in total. The van der Waals surface area contributed by atoms with Gasteiger partial charge in [-0.1, -0.05) is 6.07 Å². The third-order valence-corrected chi connectivity index (χ3v) is 4.70. The lowest BCUT2D eigenvalue weighted by molar-refractivity contribution is -0.116. The molecule has 8 heteroatoms. The lowest BCUT2D eigenvalue weighted by Crippen LogP contribution is -2.12. The van der Waals surface area contributed by atoms with Gasteiger partial charge in [0.2, 0.25) is 5.91 Å². The van der Waals surface area contributed by atoms with Gasteiger partial charge in [0, 0.05) is 18.3 Å². The number of carbonyl (C=O) groups is 1. The molecule has 0 aliphatic rings. The second kappa shape index (κ2) is 6.40. The number of nitrogens with one attached hydrogen (secondary N) is 3. The Labute approximate surface area is 146 Å². The number of phenols is 1. The molecular formula is C17H15N5O2S. The predicted octanol–water partition coefficient (Wildman–Crippen LogP) is 3.29. The Bertz CT molecular complexity index is 1010. The van der Waals surface area contributed by atoms with Crippen molar-refractivity contribution in [3.05, 3.63) is 47.9 Å². The molecule has 0 unspecified atom stereocenters. The summed E-state index contributed by atoms with van der Waals surface area (Å²) in [4.78, 5) is 27.8. The van der Waals surface area contributed by atoms with Crippen molar-refractivity contribution in [2.24, 2.45) is 0 Å². The summed E-state index contributed by atoms with van der Waals surface area (Å²) in [5, 5.41) is 14.9. The fourth-order valence-corrected chi connectivity index (χ4v) is 3.26. The molecular weight excluding hydrogens is 338 g/mol. The van der Waals surface area contributed by atoms with E-state index in [1.165, 1.54) is 0 Å². The third-order valence-electron chi connectivity index (χ3n) is 3.83. The highest BCUT2D eigenvalue weighted by Gasteiger charge is 2.14. The first-order valence-electron chi connectivity index (χ1n) is 7.73. The molecule has 4 aromatic rings. The number of imidazole rings is 2. The van der Waals surface area contributed by atoms with Crippen molar-refractivity contribution in [3.8, 4) is 16.5 Å². The molecule has 25 heavy (non-hydrogen) atoms. The second-order valence-corrected chi connectivity index (χ2v) is 6.49. The van der Waals surface area contributed by atoms with Crippen LogP contribution in [0.1, 0.15) is 12.1 Å². The van der Waals surface area contributed by atoms with Gasteiger partial charge >= 0.3 is 0 Å². The molecule has 126 valence electrons. The molecule has 1 amide bonds.